The molecule has 18 heavy (non-hydrogen) atoms. The van der Waals surface area contributed by atoms with E-state index in [1.54, 1.807) is 19.5 Å². The minimum absolute atomic E-state index is 0.338. The maximum atomic E-state index is 6.25. The SMILES string of the molecule is CCCn1nncc1C(N)c1cccnc1OC. The maximum absolute atomic E-state index is 6.25. The Morgan fingerprint density at radius 3 is 3.06 bits per heavy atom. The molecule has 0 bridgehead atoms. The molecule has 0 spiro atoms. The van der Waals surface area contributed by atoms with Crippen LogP contribution in [0.15, 0.2) is 24.5 Å². The second-order valence-corrected chi connectivity index (χ2v) is 3.96. The molecule has 1 unspecified atom stereocenters. The summed E-state index contributed by atoms with van der Waals surface area (Å²) < 4.78 is 7.04. The van der Waals surface area contributed by atoms with Crippen molar-refractivity contribution in [3.63, 3.8) is 0 Å². The molecule has 0 aliphatic carbocycles. The number of hydrogen-bond donors (Lipinski definition) is 1. The summed E-state index contributed by atoms with van der Waals surface area (Å²) in [6, 6.07) is 3.40. The zero-order chi connectivity index (χ0) is 13.0. The maximum Gasteiger partial charge on any atom is 0.218 e. The van der Waals surface area contributed by atoms with Crippen molar-refractivity contribution in [2.24, 2.45) is 5.73 Å². The molecule has 0 amide bonds. The van der Waals surface area contributed by atoms with E-state index < -0.39 is 0 Å². The van der Waals surface area contributed by atoms with Crippen LogP contribution in [0.3, 0.4) is 0 Å². The first kappa shape index (κ1) is 12.5. The summed E-state index contributed by atoms with van der Waals surface area (Å²) in [5, 5.41) is 7.95. The van der Waals surface area contributed by atoms with Gasteiger partial charge in [-0.2, -0.15) is 0 Å². The number of pyridine rings is 1. The first-order chi connectivity index (χ1) is 8.77. The molecular weight excluding hydrogens is 230 g/mol. The lowest BCUT2D eigenvalue weighted by molar-refractivity contribution is 0.389. The molecule has 6 nitrogen and oxygen atoms in total. The number of ether oxygens (including phenoxy) is 1. The van der Waals surface area contributed by atoms with Gasteiger partial charge in [0.2, 0.25) is 5.88 Å². The number of rotatable bonds is 5. The highest BCUT2D eigenvalue weighted by molar-refractivity contribution is 5.33. The number of hydrogen-bond acceptors (Lipinski definition) is 5. The summed E-state index contributed by atoms with van der Waals surface area (Å²) in [5.41, 5.74) is 7.94. The zero-order valence-electron chi connectivity index (χ0n) is 10.6. The van der Waals surface area contributed by atoms with Gasteiger partial charge in [-0.1, -0.05) is 18.2 Å². The van der Waals surface area contributed by atoms with E-state index in [0.29, 0.717) is 5.88 Å². The highest BCUT2D eigenvalue weighted by Gasteiger charge is 2.18. The molecular formula is C12H17N5O. The molecule has 2 aromatic heterocycles. The predicted octanol–water partition coefficient (Wildman–Crippen LogP) is 1.14. The van der Waals surface area contributed by atoms with E-state index in [1.807, 2.05) is 16.8 Å². The molecule has 2 aromatic rings. The van der Waals surface area contributed by atoms with E-state index in [-0.39, 0.29) is 6.04 Å². The van der Waals surface area contributed by atoms with Gasteiger partial charge in [-0.15, -0.1) is 5.10 Å². The van der Waals surface area contributed by atoms with E-state index in [2.05, 4.69) is 22.2 Å². The van der Waals surface area contributed by atoms with Crippen molar-refractivity contribution in [2.75, 3.05) is 7.11 Å². The molecule has 1 atom stereocenters. The molecule has 2 heterocycles. The monoisotopic (exact) mass is 247 g/mol. The van der Waals surface area contributed by atoms with Gasteiger partial charge in [0.1, 0.15) is 0 Å². The Morgan fingerprint density at radius 2 is 2.33 bits per heavy atom. The van der Waals surface area contributed by atoms with Gasteiger partial charge < -0.3 is 10.5 Å². The predicted molar refractivity (Wildman–Crippen MR) is 67.1 cm³/mol. The quantitative estimate of drug-likeness (QED) is 0.857. The smallest absolute Gasteiger partial charge is 0.218 e. The van der Waals surface area contributed by atoms with Crippen molar-refractivity contribution < 1.29 is 4.74 Å². The lowest BCUT2D eigenvalue weighted by atomic mass is 10.1. The summed E-state index contributed by atoms with van der Waals surface area (Å²) in [7, 11) is 1.58. The third-order valence-corrected chi connectivity index (χ3v) is 2.73. The fourth-order valence-corrected chi connectivity index (χ4v) is 1.86. The topological polar surface area (TPSA) is 78.9 Å². The minimum atomic E-state index is -0.338. The van der Waals surface area contributed by atoms with Gasteiger partial charge in [0, 0.05) is 18.3 Å². The van der Waals surface area contributed by atoms with Crippen molar-refractivity contribution in [3.05, 3.63) is 35.8 Å². The van der Waals surface area contributed by atoms with Gasteiger partial charge in [-0.25, -0.2) is 9.67 Å². The summed E-state index contributed by atoms with van der Waals surface area (Å²) in [6.07, 6.45) is 4.34. The normalized spacial score (nSPS) is 12.4. The van der Waals surface area contributed by atoms with Crippen LogP contribution >= 0.6 is 0 Å². The minimum Gasteiger partial charge on any atom is -0.481 e. The van der Waals surface area contributed by atoms with Crippen molar-refractivity contribution >= 4 is 0 Å². The van der Waals surface area contributed by atoms with Crippen LogP contribution in [0.5, 0.6) is 5.88 Å². The second kappa shape index (κ2) is 5.59. The molecule has 6 heteroatoms. The molecule has 2 N–H and O–H groups in total. The zero-order valence-corrected chi connectivity index (χ0v) is 10.6. The van der Waals surface area contributed by atoms with Gasteiger partial charge in [-0.05, 0) is 12.5 Å². The van der Waals surface area contributed by atoms with Crippen molar-refractivity contribution in [1.29, 1.82) is 0 Å². The van der Waals surface area contributed by atoms with Gasteiger partial charge in [-0.3, -0.25) is 0 Å². The van der Waals surface area contributed by atoms with Crippen LogP contribution in [0.25, 0.3) is 0 Å². The van der Waals surface area contributed by atoms with Crippen LogP contribution in [0.2, 0.25) is 0 Å². The second-order valence-electron chi connectivity index (χ2n) is 3.96. The van der Waals surface area contributed by atoms with E-state index in [9.17, 15) is 0 Å². The summed E-state index contributed by atoms with van der Waals surface area (Å²) in [5.74, 6) is 0.536. The van der Waals surface area contributed by atoms with E-state index >= 15 is 0 Å². The fourth-order valence-electron chi connectivity index (χ4n) is 1.86. The largest absolute Gasteiger partial charge is 0.481 e. The van der Waals surface area contributed by atoms with Crippen LogP contribution in [0.1, 0.15) is 30.6 Å². The first-order valence-electron chi connectivity index (χ1n) is 5.90. The van der Waals surface area contributed by atoms with E-state index in [4.69, 9.17) is 10.5 Å². The molecule has 0 saturated heterocycles. The summed E-state index contributed by atoms with van der Waals surface area (Å²) in [6.45, 7) is 2.88. The highest BCUT2D eigenvalue weighted by atomic mass is 16.5. The number of methoxy groups -OCH3 is 1. The molecule has 0 aromatic carbocycles. The van der Waals surface area contributed by atoms with E-state index in [1.165, 1.54) is 0 Å². The first-order valence-corrected chi connectivity index (χ1v) is 5.90. The molecule has 0 radical (unpaired) electrons. The third kappa shape index (κ3) is 2.33. The van der Waals surface area contributed by atoms with Crippen molar-refractivity contribution in [2.45, 2.75) is 25.9 Å². The number of aromatic nitrogens is 4. The average molecular weight is 247 g/mol. The molecule has 0 aliphatic heterocycles. The molecule has 2 rings (SSSR count). The van der Waals surface area contributed by atoms with Crippen LogP contribution < -0.4 is 10.5 Å². The van der Waals surface area contributed by atoms with Gasteiger partial charge in [0.25, 0.3) is 0 Å². The molecule has 0 saturated carbocycles. The van der Waals surface area contributed by atoms with Crippen LogP contribution in [-0.2, 0) is 6.54 Å². The van der Waals surface area contributed by atoms with E-state index in [0.717, 1.165) is 24.2 Å². The Bertz CT molecular complexity index is 511. The van der Waals surface area contributed by atoms with Gasteiger partial charge in [0.15, 0.2) is 0 Å². The summed E-state index contributed by atoms with van der Waals surface area (Å²) in [4.78, 5) is 4.15. The molecule has 0 aliphatic rings. The van der Waals surface area contributed by atoms with Crippen LogP contribution in [0, 0.1) is 0 Å². The lowest BCUT2D eigenvalue weighted by Gasteiger charge is -2.15. The Hall–Kier alpha value is -1.95. The number of nitrogens with two attached hydrogens (primary N) is 1. The third-order valence-electron chi connectivity index (χ3n) is 2.73. The van der Waals surface area contributed by atoms with Crippen molar-refractivity contribution in [3.8, 4) is 5.88 Å². The standard InChI is InChI=1S/C12H17N5O/c1-3-7-17-10(8-15-16-17)11(13)9-5-4-6-14-12(9)18-2/h4-6,8,11H,3,7,13H2,1-2H3. The Labute approximate surface area is 106 Å². The Kier molecular flexibility index (Phi) is 3.88. The number of nitrogens with zero attached hydrogens (tertiary/aromatic N) is 4. The highest BCUT2D eigenvalue weighted by Crippen LogP contribution is 2.25. The molecule has 96 valence electrons. The Balaban J connectivity index is 2.35. The van der Waals surface area contributed by atoms with Gasteiger partial charge in [0.05, 0.1) is 25.0 Å². The fraction of sp³-hybridized carbons (Fsp3) is 0.417. The lowest BCUT2D eigenvalue weighted by Crippen LogP contribution is -2.18. The number of aryl methyl sites for hydroxylation is 1. The Morgan fingerprint density at radius 1 is 1.50 bits per heavy atom. The average Bonchev–Trinajstić information content (AvgIpc) is 2.86. The molecule has 0 fully saturated rings. The van der Waals surface area contributed by atoms with Crippen LogP contribution in [0.4, 0.5) is 0 Å². The van der Waals surface area contributed by atoms with Crippen molar-refractivity contribution in [1.82, 2.24) is 20.0 Å². The van der Waals surface area contributed by atoms with Crippen LogP contribution in [-0.4, -0.2) is 27.1 Å². The van der Waals surface area contributed by atoms with Gasteiger partial charge >= 0.3 is 0 Å². The summed E-state index contributed by atoms with van der Waals surface area (Å²) >= 11 is 0.